The summed E-state index contributed by atoms with van der Waals surface area (Å²) in [5, 5.41) is 0.713. The Morgan fingerprint density at radius 3 is 2.26 bits per heavy atom. The second-order valence-electron chi connectivity index (χ2n) is 7.13. The highest BCUT2D eigenvalue weighted by molar-refractivity contribution is 7.89. The third-order valence-electron chi connectivity index (χ3n) is 5.33. The SMILES string of the molecule is CNS(=O)(=O)c1cc(C(=O)N2CCC(C(=O)c3ccc(Cl)c(Cl)c3)CC2)ccc1OC. The minimum absolute atomic E-state index is 0.0301. The molecule has 1 aliphatic heterocycles. The van der Waals surface area contributed by atoms with Crippen LogP contribution in [0.15, 0.2) is 41.3 Å². The van der Waals surface area contributed by atoms with Crippen LogP contribution in [0.2, 0.25) is 10.0 Å². The highest BCUT2D eigenvalue weighted by Crippen LogP contribution is 2.29. The minimum atomic E-state index is -3.80. The number of ether oxygens (including phenoxy) is 1. The fourth-order valence-electron chi connectivity index (χ4n) is 3.54. The Bertz CT molecular complexity index is 1110. The van der Waals surface area contributed by atoms with Gasteiger partial charge >= 0.3 is 0 Å². The molecule has 1 aliphatic rings. The number of likely N-dealkylation sites (tertiary alicyclic amines) is 1. The molecule has 0 radical (unpaired) electrons. The van der Waals surface area contributed by atoms with E-state index >= 15 is 0 Å². The van der Waals surface area contributed by atoms with E-state index in [-0.39, 0.29) is 33.8 Å². The largest absolute Gasteiger partial charge is 0.495 e. The third-order valence-corrected chi connectivity index (χ3v) is 7.50. The third kappa shape index (κ3) is 5.03. The Hall–Kier alpha value is -2.13. The lowest BCUT2D eigenvalue weighted by molar-refractivity contribution is 0.0650. The van der Waals surface area contributed by atoms with E-state index in [1.807, 2.05) is 0 Å². The lowest BCUT2D eigenvalue weighted by Gasteiger charge is -2.31. The number of hydrogen-bond acceptors (Lipinski definition) is 5. The van der Waals surface area contributed by atoms with E-state index in [4.69, 9.17) is 27.9 Å². The number of amides is 1. The average Bonchev–Trinajstić information content (AvgIpc) is 2.79. The van der Waals surface area contributed by atoms with Crippen LogP contribution in [0.25, 0.3) is 0 Å². The van der Waals surface area contributed by atoms with Gasteiger partial charge in [0.05, 0.1) is 17.2 Å². The number of carbonyl (C=O) groups excluding carboxylic acids is 2. The number of nitrogens with zero attached hydrogens (tertiary/aromatic N) is 1. The molecule has 31 heavy (non-hydrogen) atoms. The topological polar surface area (TPSA) is 92.8 Å². The molecule has 166 valence electrons. The molecule has 0 aliphatic carbocycles. The first-order chi connectivity index (χ1) is 14.7. The maximum Gasteiger partial charge on any atom is 0.253 e. The molecule has 0 unspecified atom stereocenters. The summed E-state index contributed by atoms with van der Waals surface area (Å²) in [6.07, 6.45) is 1.01. The summed E-state index contributed by atoms with van der Waals surface area (Å²) in [7, 11) is -1.14. The van der Waals surface area contributed by atoms with Gasteiger partial charge in [-0.1, -0.05) is 23.2 Å². The van der Waals surface area contributed by atoms with Gasteiger partial charge in [0.1, 0.15) is 10.6 Å². The Labute approximate surface area is 191 Å². The maximum absolute atomic E-state index is 12.9. The number of hydrogen-bond donors (Lipinski definition) is 1. The van der Waals surface area contributed by atoms with E-state index in [0.717, 1.165) is 0 Å². The van der Waals surface area contributed by atoms with Gasteiger partial charge in [-0.2, -0.15) is 0 Å². The number of nitrogens with one attached hydrogen (secondary N) is 1. The second-order valence-corrected chi connectivity index (χ2v) is 9.80. The molecule has 1 heterocycles. The number of methoxy groups -OCH3 is 1. The molecule has 1 fully saturated rings. The molecule has 7 nitrogen and oxygen atoms in total. The fraction of sp³-hybridized carbons (Fsp3) is 0.333. The summed E-state index contributed by atoms with van der Waals surface area (Å²) in [6.45, 7) is 0.771. The zero-order chi connectivity index (χ0) is 22.8. The molecular formula is C21H22Cl2N2O5S. The van der Waals surface area contributed by atoms with Gasteiger partial charge in [-0.15, -0.1) is 0 Å². The summed E-state index contributed by atoms with van der Waals surface area (Å²) in [5.41, 5.74) is 0.736. The Balaban J connectivity index is 1.72. The molecule has 0 spiro atoms. The predicted molar refractivity (Wildman–Crippen MR) is 119 cm³/mol. The minimum Gasteiger partial charge on any atom is -0.495 e. The molecule has 3 rings (SSSR count). The predicted octanol–water partition coefficient (Wildman–Crippen LogP) is 3.65. The van der Waals surface area contributed by atoms with Gasteiger partial charge < -0.3 is 9.64 Å². The molecule has 10 heteroatoms. The van der Waals surface area contributed by atoms with Crippen LogP contribution in [-0.2, 0) is 10.0 Å². The van der Waals surface area contributed by atoms with Crippen molar-refractivity contribution >= 4 is 44.9 Å². The monoisotopic (exact) mass is 484 g/mol. The van der Waals surface area contributed by atoms with Crippen LogP contribution in [0.5, 0.6) is 5.75 Å². The molecule has 2 aromatic carbocycles. The van der Waals surface area contributed by atoms with Crippen LogP contribution >= 0.6 is 23.2 Å². The van der Waals surface area contributed by atoms with Crippen LogP contribution in [-0.4, -0.2) is 52.3 Å². The molecule has 0 saturated carbocycles. The van der Waals surface area contributed by atoms with Crippen molar-refractivity contribution < 1.29 is 22.7 Å². The van der Waals surface area contributed by atoms with E-state index in [1.54, 1.807) is 23.1 Å². The molecule has 0 bridgehead atoms. The summed E-state index contributed by atoms with van der Waals surface area (Å²) >= 11 is 11.9. The van der Waals surface area contributed by atoms with Crippen LogP contribution in [0, 0.1) is 5.92 Å². The highest BCUT2D eigenvalue weighted by atomic mass is 35.5. The van der Waals surface area contributed by atoms with Gasteiger partial charge in [-0.05, 0) is 56.3 Å². The average molecular weight is 485 g/mol. The first kappa shape index (κ1) is 23.5. The van der Waals surface area contributed by atoms with Gasteiger partial charge in [0, 0.05) is 30.1 Å². The number of rotatable bonds is 6. The zero-order valence-electron chi connectivity index (χ0n) is 17.0. The van der Waals surface area contributed by atoms with Crippen molar-refractivity contribution in [1.29, 1.82) is 0 Å². The van der Waals surface area contributed by atoms with Gasteiger partial charge in [-0.3, -0.25) is 9.59 Å². The van der Waals surface area contributed by atoms with Gasteiger partial charge in [0.25, 0.3) is 5.91 Å². The molecule has 0 aromatic heterocycles. The number of halogens is 2. The van der Waals surface area contributed by atoms with Crippen molar-refractivity contribution in [3.8, 4) is 5.75 Å². The summed E-state index contributed by atoms with van der Waals surface area (Å²) in [4.78, 5) is 27.2. The quantitative estimate of drug-likeness (QED) is 0.631. The highest BCUT2D eigenvalue weighted by Gasteiger charge is 2.29. The number of sulfonamides is 1. The van der Waals surface area contributed by atoms with Crippen molar-refractivity contribution in [2.75, 3.05) is 27.2 Å². The fourth-order valence-corrected chi connectivity index (χ4v) is 4.76. The summed E-state index contributed by atoms with van der Waals surface area (Å²) in [5.74, 6) is -0.401. The molecular weight excluding hydrogens is 463 g/mol. The van der Waals surface area contributed by atoms with Crippen LogP contribution in [0.3, 0.4) is 0 Å². The number of Topliss-reactive ketones (excluding diaryl/α,β-unsaturated/α-hetero) is 1. The zero-order valence-corrected chi connectivity index (χ0v) is 19.4. The van der Waals surface area contributed by atoms with Crippen LogP contribution < -0.4 is 9.46 Å². The van der Waals surface area contributed by atoms with E-state index in [1.165, 1.54) is 32.4 Å². The normalized spacial score (nSPS) is 15.0. The summed E-state index contributed by atoms with van der Waals surface area (Å²) < 4.78 is 31.9. The standard InChI is InChI=1S/C21H22Cl2N2O5S/c1-24-31(28,29)19-12-15(4-6-18(19)30-2)21(27)25-9-7-13(8-10-25)20(26)14-3-5-16(22)17(23)11-14/h3-6,11-13,24H,7-10H2,1-2H3. The second kappa shape index (κ2) is 9.56. The van der Waals surface area contributed by atoms with Crippen molar-refractivity contribution in [2.24, 2.45) is 5.92 Å². The smallest absolute Gasteiger partial charge is 0.253 e. The number of ketones is 1. The van der Waals surface area contributed by atoms with Gasteiger partial charge in [-0.25, -0.2) is 13.1 Å². The lowest BCUT2D eigenvalue weighted by Crippen LogP contribution is -2.40. The number of benzene rings is 2. The van der Waals surface area contributed by atoms with Crippen molar-refractivity contribution in [1.82, 2.24) is 9.62 Å². The van der Waals surface area contributed by atoms with E-state index in [9.17, 15) is 18.0 Å². The van der Waals surface area contributed by atoms with E-state index in [0.29, 0.717) is 41.5 Å². The maximum atomic E-state index is 12.9. The van der Waals surface area contributed by atoms with E-state index in [2.05, 4.69) is 4.72 Å². The van der Waals surface area contributed by atoms with Gasteiger partial charge in [0.15, 0.2) is 5.78 Å². The van der Waals surface area contributed by atoms with E-state index < -0.39 is 10.0 Å². The van der Waals surface area contributed by atoms with Crippen LogP contribution in [0.1, 0.15) is 33.6 Å². The molecule has 1 saturated heterocycles. The number of carbonyl (C=O) groups is 2. The summed E-state index contributed by atoms with van der Waals surface area (Å²) in [6, 6.07) is 9.09. The van der Waals surface area contributed by atoms with Crippen molar-refractivity contribution in [2.45, 2.75) is 17.7 Å². The molecule has 1 amide bonds. The molecule has 2 aromatic rings. The Morgan fingerprint density at radius 2 is 1.68 bits per heavy atom. The molecule has 1 N–H and O–H groups in total. The number of piperidine rings is 1. The van der Waals surface area contributed by atoms with Crippen molar-refractivity contribution in [3.05, 3.63) is 57.6 Å². The van der Waals surface area contributed by atoms with Crippen LogP contribution in [0.4, 0.5) is 0 Å². The molecule has 0 atom stereocenters. The Kier molecular flexibility index (Phi) is 7.26. The van der Waals surface area contributed by atoms with Gasteiger partial charge in [0.2, 0.25) is 10.0 Å². The first-order valence-corrected chi connectivity index (χ1v) is 11.8. The van der Waals surface area contributed by atoms with Crippen molar-refractivity contribution in [3.63, 3.8) is 0 Å². The first-order valence-electron chi connectivity index (χ1n) is 9.58. The lowest BCUT2D eigenvalue weighted by atomic mass is 9.88. The Morgan fingerprint density at radius 1 is 1.03 bits per heavy atom.